The first-order valence-corrected chi connectivity index (χ1v) is 5.89. The lowest BCUT2D eigenvalue weighted by molar-refractivity contribution is 0.321. The Morgan fingerprint density at radius 3 is 3.00 bits per heavy atom. The van der Waals surface area contributed by atoms with Crippen LogP contribution in [0.4, 0.5) is 4.39 Å². The lowest BCUT2D eigenvalue weighted by Gasteiger charge is -2.24. The molecular weight excluding hydrogens is 221 g/mol. The Balaban J connectivity index is 2.14. The molecule has 3 rings (SSSR count). The van der Waals surface area contributed by atoms with Crippen LogP contribution in [0.2, 0.25) is 0 Å². The van der Waals surface area contributed by atoms with E-state index in [1.807, 2.05) is 0 Å². The van der Waals surface area contributed by atoms with Gasteiger partial charge in [-0.15, -0.1) is 0 Å². The van der Waals surface area contributed by atoms with Gasteiger partial charge in [0.2, 0.25) is 0 Å². The number of imidazole rings is 1. The van der Waals surface area contributed by atoms with Crippen LogP contribution in [-0.2, 0) is 0 Å². The molecule has 1 aromatic heterocycles. The Bertz CT molecular complexity index is 595. The second kappa shape index (κ2) is 4.00. The highest BCUT2D eigenvalue weighted by Gasteiger charge is 2.19. The van der Waals surface area contributed by atoms with Gasteiger partial charge in [-0.1, -0.05) is 0 Å². The van der Waals surface area contributed by atoms with Crippen molar-refractivity contribution in [1.82, 2.24) is 14.9 Å². The van der Waals surface area contributed by atoms with Crippen LogP contribution in [-0.4, -0.2) is 16.1 Å². The van der Waals surface area contributed by atoms with Gasteiger partial charge >= 0.3 is 5.69 Å². The number of piperidine rings is 1. The maximum atomic E-state index is 13.1. The quantitative estimate of drug-likeness (QED) is 0.791. The predicted molar refractivity (Wildman–Crippen MR) is 63.4 cm³/mol. The molecule has 0 spiro atoms. The van der Waals surface area contributed by atoms with Gasteiger partial charge in [0.15, 0.2) is 0 Å². The summed E-state index contributed by atoms with van der Waals surface area (Å²) in [6, 6.07) is 4.39. The fourth-order valence-electron chi connectivity index (χ4n) is 2.47. The average Bonchev–Trinajstić information content (AvgIpc) is 2.65. The Hall–Kier alpha value is -1.62. The molecule has 0 radical (unpaired) electrons. The molecular formula is C12H14FN3O. The Morgan fingerprint density at radius 1 is 1.35 bits per heavy atom. The summed E-state index contributed by atoms with van der Waals surface area (Å²) in [5, 5.41) is 3.32. The Labute approximate surface area is 97.4 Å². The van der Waals surface area contributed by atoms with Crippen LogP contribution in [0.1, 0.15) is 25.4 Å². The van der Waals surface area contributed by atoms with Crippen molar-refractivity contribution in [1.29, 1.82) is 0 Å². The van der Waals surface area contributed by atoms with Crippen molar-refractivity contribution in [2.75, 3.05) is 6.54 Å². The monoisotopic (exact) mass is 235 g/mol. The van der Waals surface area contributed by atoms with E-state index in [4.69, 9.17) is 0 Å². The first kappa shape index (κ1) is 10.5. The highest BCUT2D eigenvalue weighted by molar-refractivity contribution is 5.75. The summed E-state index contributed by atoms with van der Waals surface area (Å²) in [7, 11) is 0. The zero-order valence-corrected chi connectivity index (χ0v) is 9.37. The molecule has 0 aliphatic carbocycles. The van der Waals surface area contributed by atoms with Gasteiger partial charge in [-0.05, 0) is 44.0 Å². The Kier molecular flexibility index (Phi) is 2.48. The fraction of sp³-hybridized carbons (Fsp3) is 0.417. The molecule has 4 nitrogen and oxygen atoms in total. The summed E-state index contributed by atoms with van der Waals surface area (Å²) in [5.41, 5.74) is 1.14. The van der Waals surface area contributed by atoms with Crippen molar-refractivity contribution in [3.63, 3.8) is 0 Å². The van der Waals surface area contributed by atoms with Gasteiger partial charge in [0.05, 0.1) is 17.2 Å². The lowest BCUT2D eigenvalue weighted by Crippen LogP contribution is -2.36. The molecule has 1 aromatic carbocycles. The van der Waals surface area contributed by atoms with E-state index >= 15 is 0 Å². The van der Waals surface area contributed by atoms with Crippen molar-refractivity contribution in [3.8, 4) is 0 Å². The van der Waals surface area contributed by atoms with Gasteiger partial charge < -0.3 is 4.98 Å². The molecule has 2 N–H and O–H groups in total. The number of rotatable bonds is 1. The highest BCUT2D eigenvalue weighted by Crippen LogP contribution is 2.20. The van der Waals surface area contributed by atoms with Crippen LogP contribution in [0.3, 0.4) is 0 Å². The van der Waals surface area contributed by atoms with E-state index in [2.05, 4.69) is 10.3 Å². The minimum atomic E-state index is -0.331. The van der Waals surface area contributed by atoms with Crippen LogP contribution in [0, 0.1) is 5.82 Å². The van der Waals surface area contributed by atoms with Gasteiger partial charge in [0.1, 0.15) is 5.82 Å². The highest BCUT2D eigenvalue weighted by atomic mass is 19.1. The Morgan fingerprint density at radius 2 is 2.24 bits per heavy atom. The number of nitrogens with zero attached hydrogens (tertiary/aromatic N) is 1. The zero-order valence-electron chi connectivity index (χ0n) is 9.37. The maximum Gasteiger partial charge on any atom is 0.327 e. The van der Waals surface area contributed by atoms with Gasteiger partial charge in [-0.2, -0.15) is 0 Å². The second-order valence-electron chi connectivity index (χ2n) is 4.43. The average molecular weight is 235 g/mol. The predicted octanol–water partition coefficient (Wildman–Crippen LogP) is 1.74. The summed E-state index contributed by atoms with van der Waals surface area (Å²) in [6.07, 6.45) is 3.21. The molecule has 5 heteroatoms. The minimum Gasteiger partial charge on any atom is -0.305 e. The summed E-state index contributed by atoms with van der Waals surface area (Å²) < 4.78 is 14.8. The third kappa shape index (κ3) is 1.76. The van der Waals surface area contributed by atoms with E-state index in [1.54, 1.807) is 10.6 Å². The van der Waals surface area contributed by atoms with E-state index in [-0.39, 0.29) is 17.7 Å². The van der Waals surface area contributed by atoms with Crippen molar-refractivity contribution in [2.24, 2.45) is 0 Å². The molecule has 1 atom stereocenters. The molecule has 17 heavy (non-hydrogen) atoms. The summed E-state index contributed by atoms with van der Waals surface area (Å²) in [5.74, 6) is -0.331. The number of H-pyrrole nitrogens is 1. The lowest BCUT2D eigenvalue weighted by atomic mass is 10.1. The normalized spacial score (nSPS) is 20.9. The van der Waals surface area contributed by atoms with Gasteiger partial charge in [-0.25, -0.2) is 9.18 Å². The molecule has 2 heterocycles. The molecule has 0 bridgehead atoms. The third-order valence-corrected chi connectivity index (χ3v) is 3.27. The minimum absolute atomic E-state index is 0.0236. The SMILES string of the molecule is O=c1[nH]c2cc(F)ccc2n1C1CCCCN1. The largest absolute Gasteiger partial charge is 0.327 e. The van der Waals surface area contributed by atoms with Crippen molar-refractivity contribution in [3.05, 3.63) is 34.5 Å². The second-order valence-corrected chi connectivity index (χ2v) is 4.43. The number of hydrogen-bond acceptors (Lipinski definition) is 2. The maximum absolute atomic E-state index is 13.1. The first-order valence-electron chi connectivity index (χ1n) is 5.89. The van der Waals surface area contributed by atoms with Crippen LogP contribution in [0.25, 0.3) is 11.0 Å². The van der Waals surface area contributed by atoms with E-state index in [1.165, 1.54) is 12.1 Å². The van der Waals surface area contributed by atoms with Crippen LogP contribution in [0.5, 0.6) is 0 Å². The smallest absolute Gasteiger partial charge is 0.305 e. The van der Waals surface area contributed by atoms with Crippen molar-refractivity contribution >= 4 is 11.0 Å². The third-order valence-electron chi connectivity index (χ3n) is 3.27. The van der Waals surface area contributed by atoms with Crippen LogP contribution < -0.4 is 11.0 Å². The van der Waals surface area contributed by atoms with Crippen molar-refractivity contribution in [2.45, 2.75) is 25.4 Å². The molecule has 1 fully saturated rings. The molecule has 1 unspecified atom stereocenters. The number of benzene rings is 1. The summed E-state index contributed by atoms with van der Waals surface area (Å²) in [6.45, 7) is 0.922. The number of hydrogen-bond donors (Lipinski definition) is 2. The number of aromatic nitrogens is 2. The first-order chi connectivity index (χ1) is 8.25. The standard InChI is InChI=1S/C12H14FN3O/c13-8-4-5-10-9(7-8)15-12(17)16(10)11-3-1-2-6-14-11/h4-5,7,11,14H,1-3,6H2,(H,15,17). The molecule has 1 aliphatic rings. The topological polar surface area (TPSA) is 49.8 Å². The molecule has 1 aliphatic heterocycles. The van der Waals surface area contributed by atoms with Crippen LogP contribution in [0.15, 0.2) is 23.0 Å². The number of halogens is 1. The van der Waals surface area contributed by atoms with Crippen LogP contribution >= 0.6 is 0 Å². The van der Waals surface area contributed by atoms with E-state index in [0.717, 1.165) is 31.3 Å². The van der Waals surface area contributed by atoms with E-state index in [0.29, 0.717) is 5.52 Å². The van der Waals surface area contributed by atoms with Gasteiger partial charge in [-0.3, -0.25) is 9.88 Å². The fourth-order valence-corrected chi connectivity index (χ4v) is 2.47. The van der Waals surface area contributed by atoms with E-state index in [9.17, 15) is 9.18 Å². The molecule has 90 valence electrons. The molecule has 0 amide bonds. The zero-order chi connectivity index (χ0) is 11.8. The number of fused-ring (bicyclic) bond motifs is 1. The van der Waals surface area contributed by atoms with Gasteiger partial charge in [0, 0.05) is 0 Å². The molecule has 1 saturated heterocycles. The van der Waals surface area contributed by atoms with E-state index < -0.39 is 0 Å². The molecule has 2 aromatic rings. The van der Waals surface area contributed by atoms with Gasteiger partial charge in [0.25, 0.3) is 0 Å². The van der Waals surface area contributed by atoms with Crippen molar-refractivity contribution < 1.29 is 4.39 Å². The number of nitrogens with one attached hydrogen (secondary N) is 2. The number of aromatic amines is 1. The summed E-state index contributed by atoms with van der Waals surface area (Å²) in [4.78, 5) is 14.6. The molecule has 0 saturated carbocycles. The summed E-state index contributed by atoms with van der Waals surface area (Å²) >= 11 is 0.